The summed E-state index contributed by atoms with van der Waals surface area (Å²) in [4.78, 5) is 16.3. The number of aryl methyl sites for hydroxylation is 1. The number of nitrogens with one attached hydrogen (secondary N) is 2. The van der Waals surface area contributed by atoms with Crippen molar-refractivity contribution in [1.82, 2.24) is 15.1 Å². The Morgan fingerprint density at radius 1 is 1.07 bits per heavy atom. The van der Waals surface area contributed by atoms with Crippen molar-refractivity contribution >= 4 is 5.91 Å². The van der Waals surface area contributed by atoms with Crippen LogP contribution in [0.5, 0.6) is 0 Å². The third-order valence-electron chi connectivity index (χ3n) is 5.34. The number of rotatable bonds is 4. The number of hydrogen-bond donors (Lipinski definition) is 2. The van der Waals surface area contributed by atoms with E-state index in [1.54, 1.807) is 0 Å². The molecule has 1 saturated heterocycles. The van der Waals surface area contributed by atoms with E-state index in [0.29, 0.717) is 5.69 Å². The molecule has 1 aliphatic rings. The van der Waals surface area contributed by atoms with Crippen molar-refractivity contribution in [3.05, 3.63) is 77.5 Å². The van der Waals surface area contributed by atoms with Crippen LogP contribution < -0.4 is 4.90 Å². The molecule has 5 heteroatoms. The van der Waals surface area contributed by atoms with Gasteiger partial charge in [-0.15, -0.1) is 0 Å². The van der Waals surface area contributed by atoms with Crippen LogP contribution in [-0.4, -0.2) is 47.2 Å². The second kappa shape index (κ2) is 7.76. The molecule has 0 radical (unpaired) electrons. The first-order chi connectivity index (χ1) is 13.2. The average Bonchev–Trinajstić information content (AvgIpc) is 3.21. The van der Waals surface area contributed by atoms with Gasteiger partial charge >= 0.3 is 0 Å². The number of amides is 1. The van der Waals surface area contributed by atoms with Crippen LogP contribution in [0.15, 0.2) is 60.7 Å². The van der Waals surface area contributed by atoms with Gasteiger partial charge in [-0.1, -0.05) is 54.6 Å². The molecule has 2 N–H and O–H groups in total. The van der Waals surface area contributed by atoms with Crippen LogP contribution in [0, 0.1) is 6.92 Å². The van der Waals surface area contributed by atoms with Crippen molar-refractivity contribution in [3.63, 3.8) is 0 Å². The van der Waals surface area contributed by atoms with Gasteiger partial charge in [0, 0.05) is 11.1 Å². The standard InChI is InChI=1S/C22H24N4O/c1-17-7-5-6-10-19(17)16-25-11-13-26(14-12-25)22(27)21-15-20(23-24-21)18-8-3-2-4-9-18/h2-10,15H,11-14,16H2,1H3,(H,23,24)/p+1. The van der Waals surface area contributed by atoms with Gasteiger partial charge in [-0.25, -0.2) is 0 Å². The maximum absolute atomic E-state index is 12.8. The van der Waals surface area contributed by atoms with E-state index in [4.69, 9.17) is 0 Å². The first-order valence-electron chi connectivity index (χ1n) is 9.49. The lowest BCUT2D eigenvalue weighted by Gasteiger charge is -2.32. The van der Waals surface area contributed by atoms with Crippen molar-refractivity contribution in [2.24, 2.45) is 0 Å². The summed E-state index contributed by atoms with van der Waals surface area (Å²) in [6.45, 7) is 6.69. The highest BCUT2D eigenvalue weighted by Crippen LogP contribution is 2.17. The van der Waals surface area contributed by atoms with Crippen molar-refractivity contribution in [2.45, 2.75) is 13.5 Å². The van der Waals surface area contributed by atoms with Crippen LogP contribution in [0.2, 0.25) is 0 Å². The fourth-order valence-electron chi connectivity index (χ4n) is 3.64. The summed E-state index contributed by atoms with van der Waals surface area (Å²) in [5.41, 5.74) is 5.13. The largest absolute Gasteiger partial charge is 0.328 e. The molecule has 4 rings (SSSR count). The maximum atomic E-state index is 12.8. The molecule has 2 heterocycles. The molecule has 5 nitrogen and oxygen atoms in total. The molecule has 1 aromatic heterocycles. The Morgan fingerprint density at radius 2 is 1.78 bits per heavy atom. The predicted molar refractivity (Wildman–Crippen MR) is 106 cm³/mol. The van der Waals surface area contributed by atoms with Crippen LogP contribution in [0.4, 0.5) is 0 Å². The molecule has 27 heavy (non-hydrogen) atoms. The molecule has 0 atom stereocenters. The molecule has 1 aliphatic heterocycles. The van der Waals surface area contributed by atoms with Gasteiger partial charge in [0.1, 0.15) is 12.2 Å². The fourth-order valence-corrected chi connectivity index (χ4v) is 3.64. The lowest BCUT2D eigenvalue weighted by Crippen LogP contribution is -3.13. The smallest absolute Gasteiger partial charge is 0.272 e. The van der Waals surface area contributed by atoms with E-state index in [1.807, 2.05) is 41.3 Å². The summed E-state index contributed by atoms with van der Waals surface area (Å²) < 4.78 is 0. The summed E-state index contributed by atoms with van der Waals surface area (Å²) in [7, 11) is 0. The monoisotopic (exact) mass is 361 g/mol. The molecule has 2 aromatic carbocycles. The summed E-state index contributed by atoms with van der Waals surface area (Å²) in [6.07, 6.45) is 0. The summed E-state index contributed by atoms with van der Waals surface area (Å²) in [5, 5.41) is 7.22. The van der Waals surface area contributed by atoms with Gasteiger partial charge in [0.05, 0.1) is 31.9 Å². The number of aromatic nitrogens is 2. The van der Waals surface area contributed by atoms with Crippen LogP contribution >= 0.6 is 0 Å². The van der Waals surface area contributed by atoms with Gasteiger partial charge in [0.25, 0.3) is 5.91 Å². The van der Waals surface area contributed by atoms with E-state index in [-0.39, 0.29) is 5.91 Å². The molecule has 0 bridgehead atoms. The maximum Gasteiger partial charge on any atom is 0.272 e. The Morgan fingerprint density at radius 3 is 2.52 bits per heavy atom. The third-order valence-corrected chi connectivity index (χ3v) is 5.34. The first kappa shape index (κ1) is 17.5. The van der Waals surface area contributed by atoms with E-state index in [9.17, 15) is 4.79 Å². The highest BCUT2D eigenvalue weighted by atomic mass is 16.2. The minimum Gasteiger partial charge on any atom is -0.328 e. The molecular formula is C22H25N4O+. The van der Waals surface area contributed by atoms with Crippen molar-refractivity contribution < 1.29 is 9.69 Å². The van der Waals surface area contributed by atoms with Gasteiger partial charge in [0.15, 0.2) is 0 Å². The number of benzene rings is 2. The Kier molecular flexibility index (Phi) is 5.03. The van der Waals surface area contributed by atoms with E-state index in [0.717, 1.165) is 44.0 Å². The van der Waals surface area contributed by atoms with Crippen LogP contribution in [0.1, 0.15) is 21.6 Å². The van der Waals surface area contributed by atoms with Crippen LogP contribution in [0.3, 0.4) is 0 Å². The number of piperazine rings is 1. The number of carbonyl (C=O) groups is 1. The average molecular weight is 361 g/mol. The zero-order valence-corrected chi connectivity index (χ0v) is 15.6. The SMILES string of the molecule is Cc1ccccc1C[NH+]1CCN(C(=O)c2cc(-c3ccccc3)n[nH]2)CC1. The minimum absolute atomic E-state index is 0.0413. The van der Waals surface area contributed by atoms with Crippen molar-refractivity contribution in [3.8, 4) is 11.3 Å². The number of H-pyrrole nitrogens is 1. The van der Waals surface area contributed by atoms with E-state index in [1.165, 1.54) is 16.0 Å². The lowest BCUT2D eigenvalue weighted by atomic mass is 10.1. The molecule has 0 aliphatic carbocycles. The highest BCUT2D eigenvalue weighted by molar-refractivity contribution is 5.93. The number of carbonyl (C=O) groups excluding carboxylic acids is 1. The van der Waals surface area contributed by atoms with Gasteiger partial charge in [-0.2, -0.15) is 5.10 Å². The molecule has 0 unspecified atom stereocenters. The normalized spacial score (nSPS) is 15.1. The number of aromatic amines is 1. The predicted octanol–water partition coefficient (Wildman–Crippen LogP) is 1.93. The summed E-state index contributed by atoms with van der Waals surface area (Å²) in [6, 6.07) is 20.3. The highest BCUT2D eigenvalue weighted by Gasteiger charge is 2.26. The number of nitrogens with zero attached hydrogens (tertiary/aromatic N) is 2. The zero-order chi connectivity index (χ0) is 18.6. The van der Waals surface area contributed by atoms with Crippen molar-refractivity contribution in [2.75, 3.05) is 26.2 Å². The summed E-state index contributed by atoms with van der Waals surface area (Å²) >= 11 is 0. The van der Waals surface area contributed by atoms with E-state index in [2.05, 4.69) is 41.4 Å². The molecular weight excluding hydrogens is 336 g/mol. The number of quaternary nitrogens is 1. The Hall–Kier alpha value is -2.92. The second-order valence-corrected chi connectivity index (χ2v) is 7.18. The number of hydrogen-bond acceptors (Lipinski definition) is 2. The lowest BCUT2D eigenvalue weighted by molar-refractivity contribution is -0.917. The topological polar surface area (TPSA) is 53.4 Å². The van der Waals surface area contributed by atoms with Gasteiger partial charge in [-0.05, 0) is 18.6 Å². The van der Waals surface area contributed by atoms with E-state index >= 15 is 0 Å². The summed E-state index contributed by atoms with van der Waals surface area (Å²) in [5.74, 6) is 0.0413. The van der Waals surface area contributed by atoms with Crippen LogP contribution in [-0.2, 0) is 6.54 Å². The molecule has 1 amide bonds. The molecule has 138 valence electrons. The molecule has 3 aromatic rings. The quantitative estimate of drug-likeness (QED) is 0.746. The molecule has 1 fully saturated rings. The van der Waals surface area contributed by atoms with Gasteiger partial charge < -0.3 is 9.80 Å². The molecule has 0 saturated carbocycles. The Balaban J connectivity index is 1.36. The Bertz CT molecular complexity index is 911. The van der Waals surface area contributed by atoms with Crippen molar-refractivity contribution in [1.29, 1.82) is 0 Å². The Labute approximate surface area is 159 Å². The van der Waals surface area contributed by atoms with Gasteiger partial charge in [-0.3, -0.25) is 9.89 Å². The van der Waals surface area contributed by atoms with E-state index < -0.39 is 0 Å². The fraction of sp³-hybridized carbons (Fsp3) is 0.273. The second-order valence-electron chi connectivity index (χ2n) is 7.18. The first-order valence-corrected chi connectivity index (χ1v) is 9.49. The molecule has 0 spiro atoms. The van der Waals surface area contributed by atoms with Crippen LogP contribution in [0.25, 0.3) is 11.3 Å². The third kappa shape index (κ3) is 3.93. The zero-order valence-electron chi connectivity index (χ0n) is 15.6. The van der Waals surface area contributed by atoms with Gasteiger partial charge in [0.2, 0.25) is 0 Å². The minimum atomic E-state index is 0.0413.